The molecule has 0 radical (unpaired) electrons. The largest absolute Gasteiger partial charge is 0.465 e. The molecule has 0 saturated heterocycles. The van der Waals surface area contributed by atoms with Crippen LogP contribution in [0.25, 0.3) is 0 Å². The summed E-state index contributed by atoms with van der Waals surface area (Å²) in [4.78, 5) is 11.4. The minimum absolute atomic E-state index is 0.243. The van der Waals surface area contributed by atoms with Crippen LogP contribution in [0.1, 0.15) is 31.2 Å². The van der Waals surface area contributed by atoms with Gasteiger partial charge in [0, 0.05) is 18.8 Å². The number of hydrogen-bond acceptors (Lipinski definition) is 5. The van der Waals surface area contributed by atoms with E-state index in [0.717, 1.165) is 5.69 Å². The van der Waals surface area contributed by atoms with Crippen molar-refractivity contribution < 1.29 is 14.6 Å². The summed E-state index contributed by atoms with van der Waals surface area (Å²) in [6.07, 6.45) is 1.25. The van der Waals surface area contributed by atoms with Crippen molar-refractivity contribution in [2.75, 3.05) is 6.61 Å². The molecular formula is C11H19N3O3. The molecule has 2 unspecified atom stereocenters. The summed E-state index contributed by atoms with van der Waals surface area (Å²) in [6, 6.07) is -1.08. The van der Waals surface area contributed by atoms with E-state index < -0.39 is 18.1 Å². The summed E-state index contributed by atoms with van der Waals surface area (Å²) >= 11 is 0. The third kappa shape index (κ3) is 3.04. The molecule has 6 nitrogen and oxygen atoms in total. The molecule has 6 heteroatoms. The minimum atomic E-state index is -1.09. The molecule has 1 aromatic heterocycles. The second-order valence-corrected chi connectivity index (χ2v) is 3.78. The lowest BCUT2D eigenvalue weighted by molar-refractivity contribution is -0.147. The van der Waals surface area contributed by atoms with E-state index in [4.69, 9.17) is 10.5 Å². The molecule has 1 aromatic rings. The van der Waals surface area contributed by atoms with Gasteiger partial charge >= 0.3 is 5.97 Å². The molecule has 17 heavy (non-hydrogen) atoms. The molecule has 96 valence electrons. The van der Waals surface area contributed by atoms with E-state index in [9.17, 15) is 9.90 Å². The standard InChI is InChI=1S/C11H19N3O3/c1-4-8-7(6-14(3)13-8)10(15)9(12)11(16)17-5-2/h6,9-10,15H,4-5,12H2,1-3H3. The van der Waals surface area contributed by atoms with Gasteiger partial charge in [0.1, 0.15) is 12.1 Å². The van der Waals surface area contributed by atoms with Gasteiger partial charge < -0.3 is 15.6 Å². The minimum Gasteiger partial charge on any atom is -0.465 e. The van der Waals surface area contributed by atoms with Crippen molar-refractivity contribution >= 4 is 5.97 Å². The van der Waals surface area contributed by atoms with Gasteiger partial charge in [0.25, 0.3) is 0 Å². The molecule has 0 spiro atoms. The topological polar surface area (TPSA) is 90.4 Å². The van der Waals surface area contributed by atoms with E-state index in [1.54, 1.807) is 24.9 Å². The molecule has 0 fully saturated rings. The molecule has 3 N–H and O–H groups in total. The van der Waals surface area contributed by atoms with Gasteiger partial charge in [-0.05, 0) is 13.3 Å². The number of aliphatic hydroxyl groups excluding tert-OH is 1. The summed E-state index contributed by atoms with van der Waals surface area (Å²) in [6.45, 7) is 3.86. The molecule has 1 rings (SSSR count). The Balaban J connectivity index is 2.87. The van der Waals surface area contributed by atoms with Crippen LogP contribution in [0.4, 0.5) is 0 Å². The summed E-state index contributed by atoms with van der Waals surface area (Å²) in [5.74, 6) is -0.606. The maximum absolute atomic E-state index is 11.4. The second-order valence-electron chi connectivity index (χ2n) is 3.78. The number of esters is 1. The Bertz CT molecular complexity index is 389. The molecule has 0 aliphatic heterocycles. The van der Waals surface area contributed by atoms with Crippen LogP contribution in [0.5, 0.6) is 0 Å². The van der Waals surface area contributed by atoms with Crippen LogP contribution in [0.3, 0.4) is 0 Å². The van der Waals surface area contributed by atoms with Crippen LogP contribution in [0.15, 0.2) is 6.20 Å². The van der Waals surface area contributed by atoms with Crippen LogP contribution in [0.2, 0.25) is 0 Å². The third-order valence-corrected chi connectivity index (χ3v) is 2.49. The average molecular weight is 241 g/mol. The number of aryl methyl sites for hydroxylation is 2. The van der Waals surface area contributed by atoms with Gasteiger partial charge in [0.15, 0.2) is 0 Å². The van der Waals surface area contributed by atoms with Gasteiger partial charge in [-0.3, -0.25) is 9.48 Å². The number of aromatic nitrogens is 2. The Hall–Kier alpha value is -1.40. The van der Waals surface area contributed by atoms with Crippen molar-refractivity contribution in [3.05, 3.63) is 17.5 Å². The van der Waals surface area contributed by atoms with E-state index in [0.29, 0.717) is 12.0 Å². The number of nitrogens with zero attached hydrogens (tertiary/aromatic N) is 2. The molecule has 2 atom stereocenters. The maximum atomic E-state index is 11.4. The fourth-order valence-electron chi connectivity index (χ4n) is 1.64. The highest BCUT2D eigenvalue weighted by atomic mass is 16.5. The molecule has 0 bridgehead atoms. The lowest BCUT2D eigenvalue weighted by atomic mass is 10.0. The molecule has 1 heterocycles. The van der Waals surface area contributed by atoms with Crippen molar-refractivity contribution in [3.8, 4) is 0 Å². The SMILES string of the molecule is CCOC(=O)C(N)C(O)c1cn(C)nc1CC. The fraction of sp³-hybridized carbons (Fsp3) is 0.636. The number of aliphatic hydroxyl groups is 1. The zero-order valence-electron chi connectivity index (χ0n) is 10.4. The average Bonchev–Trinajstić information content (AvgIpc) is 2.68. The molecule has 0 aliphatic rings. The highest BCUT2D eigenvalue weighted by molar-refractivity contribution is 5.76. The molecule has 0 amide bonds. The fourth-order valence-corrected chi connectivity index (χ4v) is 1.64. The van der Waals surface area contributed by atoms with Crippen LogP contribution in [-0.4, -0.2) is 33.5 Å². The number of ether oxygens (including phenoxy) is 1. The van der Waals surface area contributed by atoms with Crippen molar-refractivity contribution in [2.45, 2.75) is 32.4 Å². The highest BCUT2D eigenvalue weighted by Gasteiger charge is 2.28. The number of rotatable bonds is 5. The summed E-state index contributed by atoms with van der Waals surface area (Å²) < 4.78 is 6.37. The monoisotopic (exact) mass is 241 g/mol. The van der Waals surface area contributed by atoms with Gasteiger partial charge in [-0.2, -0.15) is 5.10 Å². The number of carbonyl (C=O) groups excluding carboxylic acids is 1. The van der Waals surface area contributed by atoms with Crippen molar-refractivity contribution in [1.29, 1.82) is 0 Å². The van der Waals surface area contributed by atoms with Crippen molar-refractivity contribution in [3.63, 3.8) is 0 Å². The van der Waals surface area contributed by atoms with Crippen molar-refractivity contribution in [1.82, 2.24) is 9.78 Å². The zero-order valence-corrected chi connectivity index (χ0v) is 10.4. The van der Waals surface area contributed by atoms with Crippen LogP contribution < -0.4 is 5.73 Å². The normalized spacial score (nSPS) is 14.4. The van der Waals surface area contributed by atoms with Gasteiger partial charge in [0.2, 0.25) is 0 Å². The van der Waals surface area contributed by atoms with E-state index in [1.807, 2.05) is 6.92 Å². The van der Waals surface area contributed by atoms with Gasteiger partial charge in [-0.15, -0.1) is 0 Å². The number of nitrogens with two attached hydrogens (primary N) is 1. The Labute approximate surface area is 100 Å². The first-order valence-corrected chi connectivity index (χ1v) is 5.63. The van der Waals surface area contributed by atoms with E-state index in [2.05, 4.69) is 5.10 Å². The Morgan fingerprint density at radius 1 is 1.65 bits per heavy atom. The van der Waals surface area contributed by atoms with Gasteiger partial charge in [0.05, 0.1) is 12.3 Å². The molecular weight excluding hydrogens is 222 g/mol. The first kappa shape index (κ1) is 13.7. The number of hydrogen-bond donors (Lipinski definition) is 2. The van der Waals surface area contributed by atoms with Crippen LogP contribution >= 0.6 is 0 Å². The van der Waals surface area contributed by atoms with E-state index in [-0.39, 0.29) is 6.61 Å². The molecule has 0 aromatic carbocycles. The Morgan fingerprint density at radius 3 is 2.82 bits per heavy atom. The van der Waals surface area contributed by atoms with Gasteiger partial charge in [-0.25, -0.2) is 0 Å². The van der Waals surface area contributed by atoms with E-state index in [1.165, 1.54) is 0 Å². The highest BCUT2D eigenvalue weighted by Crippen LogP contribution is 2.20. The number of carbonyl (C=O) groups is 1. The van der Waals surface area contributed by atoms with Gasteiger partial charge in [-0.1, -0.05) is 6.92 Å². The lowest BCUT2D eigenvalue weighted by Gasteiger charge is -2.16. The molecule has 0 aliphatic carbocycles. The smallest absolute Gasteiger partial charge is 0.325 e. The first-order valence-electron chi connectivity index (χ1n) is 5.63. The maximum Gasteiger partial charge on any atom is 0.325 e. The Morgan fingerprint density at radius 2 is 2.29 bits per heavy atom. The third-order valence-electron chi connectivity index (χ3n) is 2.49. The Kier molecular flexibility index (Phi) is 4.65. The van der Waals surface area contributed by atoms with Crippen molar-refractivity contribution in [2.24, 2.45) is 12.8 Å². The zero-order chi connectivity index (χ0) is 13.0. The lowest BCUT2D eigenvalue weighted by Crippen LogP contribution is -2.38. The second kappa shape index (κ2) is 5.79. The predicted octanol–water partition coefficient (Wildman–Crippen LogP) is -0.0937. The summed E-state index contributed by atoms with van der Waals surface area (Å²) in [5, 5.41) is 14.2. The van der Waals surface area contributed by atoms with E-state index >= 15 is 0 Å². The summed E-state index contributed by atoms with van der Waals surface area (Å²) in [7, 11) is 1.76. The molecule has 0 saturated carbocycles. The van der Waals surface area contributed by atoms with Crippen LogP contribution in [0, 0.1) is 0 Å². The quantitative estimate of drug-likeness (QED) is 0.703. The summed E-state index contributed by atoms with van der Waals surface area (Å²) in [5.41, 5.74) is 6.97. The van der Waals surface area contributed by atoms with Crippen LogP contribution in [-0.2, 0) is 23.0 Å². The predicted molar refractivity (Wildman–Crippen MR) is 62.2 cm³/mol. The first-order chi connectivity index (χ1) is 8.01.